The smallest absolute Gasteiger partial charge is 0.292 e. The average molecular weight is 271 g/mol. The van der Waals surface area contributed by atoms with Crippen molar-refractivity contribution >= 4 is 11.4 Å². The maximum Gasteiger partial charge on any atom is 0.292 e. The Balaban J connectivity index is 1.75. The Kier molecular flexibility index (Phi) is 5.08. The molecule has 0 heterocycles. The lowest BCUT2D eigenvalue weighted by Crippen LogP contribution is -2.22. The van der Waals surface area contributed by atoms with Crippen LogP contribution in [0.25, 0.3) is 0 Å². The molecule has 104 valence electrons. The van der Waals surface area contributed by atoms with Crippen molar-refractivity contribution in [3.05, 3.63) is 70.3 Å². The number of nitrogens with one attached hydrogen (secondary N) is 2. The van der Waals surface area contributed by atoms with Crippen LogP contribution in [0.4, 0.5) is 11.4 Å². The van der Waals surface area contributed by atoms with Crippen molar-refractivity contribution in [1.29, 1.82) is 0 Å². The maximum absolute atomic E-state index is 10.8. The van der Waals surface area contributed by atoms with Gasteiger partial charge in [-0.25, -0.2) is 0 Å². The van der Waals surface area contributed by atoms with Crippen LogP contribution in [-0.4, -0.2) is 18.0 Å². The Labute approximate surface area is 117 Å². The van der Waals surface area contributed by atoms with Crippen molar-refractivity contribution in [1.82, 2.24) is 5.32 Å². The first kappa shape index (κ1) is 14.0. The average Bonchev–Trinajstić information content (AvgIpc) is 2.48. The monoisotopic (exact) mass is 271 g/mol. The van der Waals surface area contributed by atoms with E-state index in [1.807, 2.05) is 18.2 Å². The number of anilines is 1. The molecule has 0 unspecified atom stereocenters. The Bertz CT molecular complexity index is 558. The molecule has 0 aliphatic rings. The molecule has 0 amide bonds. The zero-order chi connectivity index (χ0) is 14.2. The van der Waals surface area contributed by atoms with Gasteiger partial charge in [-0.05, 0) is 11.6 Å². The van der Waals surface area contributed by atoms with E-state index in [0.29, 0.717) is 12.2 Å². The van der Waals surface area contributed by atoms with Gasteiger partial charge in [0.05, 0.1) is 4.92 Å². The minimum absolute atomic E-state index is 0.107. The quantitative estimate of drug-likeness (QED) is 0.461. The van der Waals surface area contributed by atoms with E-state index in [2.05, 4.69) is 22.8 Å². The number of rotatable bonds is 7. The summed E-state index contributed by atoms with van der Waals surface area (Å²) in [5.74, 6) is 0. The van der Waals surface area contributed by atoms with Crippen LogP contribution in [-0.2, 0) is 6.54 Å². The first-order valence-electron chi connectivity index (χ1n) is 6.49. The lowest BCUT2D eigenvalue weighted by molar-refractivity contribution is -0.384. The van der Waals surface area contributed by atoms with Gasteiger partial charge >= 0.3 is 0 Å². The third-order valence-corrected chi connectivity index (χ3v) is 2.89. The third kappa shape index (κ3) is 4.07. The molecule has 0 aliphatic carbocycles. The highest BCUT2D eigenvalue weighted by atomic mass is 16.6. The summed E-state index contributed by atoms with van der Waals surface area (Å²) in [6, 6.07) is 16.8. The van der Waals surface area contributed by atoms with E-state index >= 15 is 0 Å². The van der Waals surface area contributed by atoms with Crippen molar-refractivity contribution in [3.63, 3.8) is 0 Å². The topological polar surface area (TPSA) is 67.2 Å². The fourth-order valence-electron chi connectivity index (χ4n) is 1.90. The second kappa shape index (κ2) is 7.25. The first-order chi connectivity index (χ1) is 9.77. The van der Waals surface area contributed by atoms with Crippen LogP contribution >= 0.6 is 0 Å². The van der Waals surface area contributed by atoms with Gasteiger partial charge in [0.15, 0.2) is 0 Å². The molecule has 0 saturated carbocycles. The predicted molar refractivity (Wildman–Crippen MR) is 79.7 cm³/mol. The fourth-order valence-corrected chi connectivity index (χ4v) is 1.90. The fraction of sp³-hybridized carbons (Fsp3) is 0.200. The molecule has 0 saturated heterocycles. The van der Waals surface area contributed by atoms with Gasteiger partial charge in [-0.2, -0.15) is 0 Å². The van der Waals surface area contributed by atoms with Gasteiger partial charge in [-0.3, -0.25) is 10.1 Å². The molecular weight excluding hydrogens is 254 g/mol. The molecule has 5 nitrogen and oxygen atoms in total. The van der Waals surface area contributed by atoms with Gasteiger partial charge in [0, 0.05) is 25.7 Å². The highest BCUT2D eigenvalue weighted by Crippen LogP contribution is 2.22. The van der Waals surface area contributed by atoms with Crippen molar-refractivity contribution in [2.75, 3.05) is 18.4 Å². The zero-order valence-corrected chi connectivity index (χ0v) is 11.1. The SMILES string of the molecule is O=[N+]([O-])c1ccccc1NCCNCc1ccccc1. The molecule has 0 bridgehead atoms. The second-order valence-corrected chi connectivity index (χ2v) is 4.36. The molecule has 2 rings (SSSR count). The van der Waals surface area contributed by atoms with E-state index in [9.17, 15) is 10.1 Å². The Morgan fingerprint density at radius 3 is 2.40 bits per heavy atom. The van der Waals surface area contributed by atoms with Gasteiger partial charge in [-0.1, -0.05) is 42.5 Å². The molecule has 0 aliphatic heterocycles. The van der Waals surface area contributed by atoms with Crippen LogP contribution in [0.5, 0.6) is 0 Å². The molecular formula is C15H17N3O2. The van der Waals surface area contributed by atoms with E-state index in [-0.39, 0.29) is 10.6 Å². The molecule has 2 aromatic rings. The summed E-state index contributed by atoms with van der Waals surface area (Å²) in [6.07, 6.45) is 0. The number of nitro groups is 1. The summed E-state index contributed by atoms with van der Waals surface area (Å²) in [4.78, 5) is 10.5. The van der Waals surface area contributed by atoms with Gasteiger partial charge in [0.25, 0.3) is 5.69 Å². The minimum Gasteiger partial charge on any atom is -0.378 e. The van der Waals surface area contributed by atoms with Crippen LogP contribution in [0.15, 0.2) is 54.6 Å². The number of nitrogens with zero attached hydrogens (tertiary/aromatic N) is 1. The highest BCUT2D eigenvalue weighted by Gasteiger charge is 2.10. The molecule has 2 aromatic carbocycles. The Morgan fingerprint density at radius 1 is 0.950 bits per heavy atom. The molecule has 5 heteroatoms. The molecule has 0 aromatic heterocycles. The van der Waals surface area contributed by atoms with E-state index < -0.39 is 0 Å². The van der Waals surface area contributed by atoms with Gasteiger partial charge in [0.1, 0.15) is 5.69 Å². The molecule has 0 radical (unpaired) electrons. The number of hydrogen-bond donors (Lipinski definition) is 2. The first-order valence-corrected chi connectivity index (χ1v) is 6.49. The van der Waals surface area contributed by atoms with Crippen LogP contribution in [0.1, 0.15) is 5.56 Å². The molecule has 20 heavy (non-hydrogen) atoms. The number of nitro benzene ring substituents is 1. The van der Waals surface area contributed by atoms with Crippen molar-refractivity contribution in [2.24, 2.45) is 0 Å². The highest BCUT2D eigenvalue weighted by molar-refractivity contribution is 5.60. The zero-order valence-electron chi connectivity index (χ0n) is 11.1. The summed E-state index contributed by atoms with van der Waals surface area (Å²) >= 11 is 0. The number of benzene rings is 2. The van der Waals surface area contributed by atoms with Crippen LogP contribution < -0.4 is 10.6 Å². The van der Waals surface area contributed by atoms with Gasteiger partial charge < -0.3 is 10.6 Å². The van der Waals surface area contributed by atoms with Gasteiger partial charge in [0.2, 0.25) is 0 Å². The van der Waals surface area contributed by atoms with Gasteiger partial charge in [-0.15, -0.1) is 0 Å². The molecule has 0 fully saturated rings. The molecule has 0 atom stereocenters. The van der Waals surface area contributed by atoms with E-state index in [1.54, 1.807) is 18.2 Å². The predicted octanol–water partition coefficient (Wildman–Crippen LogP) is 2.80. The minimum atomic E-state index is -0.375. The molecule has 2 N–H and O–H groups in total. The van der Waals surface area contributed by atoms with Crippen molar-refractivity contribution in [3.8, 4) is 0 Å². The second-order valence-electron chi connectivity index (χ2n) is 4.36. The summed E-state index contributed by atoms with van der Waals surface area (Å²) in [7, 11) is 0. The van der Waals surface area contributed by atoms with Crippen LogP contribution in [0.3, 0.4) is 0 Å². The summed E-state index contributed by atoms with van der Waals surface area (Å²) in [5, 5.41) is 17.2. The Hall–Kier alpha value is -2.40. The number of para-hydroxylation sites is 2. The summed E-state index contributed by atoms with van der Waals surface area (Å²) < 4.78 is 0. The normalized spacial score (nSPS) is 10.2. The summed E-state index contributed by atoms with van der Waals surface area (Å²) in [5.41, 5.74) is 1.88. The standard InChI is InChI=1S/C15H17N3O2/c19-18(20)15-9-5-4-8-14(15)17-11-10-16-12-13-6-2-1-3-7-13/h1-9,16-17H,10-12H2. The van der Waals surface area contributed by atoms with Crippen molar-refractivity contribution in [2.45, 2.75) is 6.54 Å². The maximum atomic E-state index is 10.8. The Morgan fingerprint density at radius 2 is 1.65 bits per heavy atom. The number of hydrogen-bond acceptors (Lipinski definition) is 4. The summed E-state index contributed by atoms with van der Waals surface area (Å²) in [6.45, 7) is 2.16. The molecule has 0 spiro atoms. The van der Waals surface area contributed by atoms with Crippen molar-refractivity contribution < 1.29 is 4.92 Å². The van der Waals surface area contributed by atoms with E-state index in [0.717, 1.165) is 13.1 Å². The van der Waals surface area contributed by atoms with Crippen LogP contribution in [0.2, 0.25) is 0 Å². The third-order valence-electron chi connectivity index (χ3n) is 2.89. The lowest BCUT2D eigenvalue weighted by Gasteiger charge is -2.08. The largest absolute Gasteiger partial charge is 0.378 e. The van der Waals surface area contributed by atoms with Crippen LogP contribution in [0, 0.1) is 10.1 Å². The van der Waals surface area contributed by atoms with E-state index in [1.165, 1.54) is 11.6 Å². The van der Waals surface area contributed by atoms with E-state index in [4.69, 9.17) is 0 Å². The lowest BCUT2D eigenvalue weighted by atomic mass is 10.2.